The Bertz CT molecular complexity index is 815. The number of hydrogen-bond donors (Lipinski definition) is 0. The maximum absolute atomic E-state index is 13.1. The van der Waals surface area contributed by atoms with Gasteiger partial charge in [0.05, 0.1) is 17.3 Å². The molecule has 0 radical (unpaired) electrons. The van der Waals surface area contributed by atoms with Gasteiger partial charge in [0.25, 0.3) is 0 Å². The molecule has 25 heavy (non-hydrogen) atoms. The van der Waals surface area contributed by atoms with Crippen LogP contribution in [0.4, 0.5) is 4.79 Å². The highest BCUT2D eigenvalue weighted by Gasteiger charge is 2.38. The summed E-state index contributed by atoms with van der Waals surface area (Å²) in [4.78, 5) is 15.6. The lowest BCUT2D eigenvalue weighted by molar-refractivity contribution is 0.0507. The van der Waals surface area contributed by atoms with Crippen LogP contribution in [-0.2, 0) is 11.2 Å². The molecule has 0 bridgehead atoms. The normalized spacial score (nSPS) is 24.0. The molecule has 0 saturated carbocycles. The van der Waals surface area contributed by atoms with E-state index < -0.39 is 5.60 Å². The third-order valence-corrected chi connectivity index (χ3v) is 5.54. The zero-order valence-corrected chi connectivity index (χ0v) is 15.7. The Kier molecular flexibility index (Phi) is 3.91. The predicted octanol–water partition coefficient (Wildman–Crippen LogP) is 4.75. The van der Waals surface area contributed by atoms with E-state index >= 15 is 0 Å². The van der Waals surface area contributed by atoms with Crippen molar-refractivity contribution in [3.8, 4) is 0 Å². The lowest BCUT2D eigenvalue weighted by atomic mass is 9.86. The summed E-state index contributed by atoms with van der Waals surface area (Å²) < 4.78 is 7.63. The highest BCUT2D eigenvalue weighted by Crippen LogP contribution is 2.43. The number of carbonyl (C=O) groups excluding carboxylic acids is 1. The van der Waals surface area contributed by atoms with Crippen molar-refractivity contribution in [2.45, 2.75) is 58.6 Å². The summed E-state index contributed by atoms with van der Waals surface area (Å²) in [6.45, 7) is 10.3. The van der Waals surface area contributed by atoms with Crippen LogP contribution in [-0.4, -0.2) is 34.3 Å². The quantitative estimate of drug-likeness (QED) is 0.694. The SMILES string of the molecule is C[C@H]1CCN2CCc3c(n(C(=O)OC(C)(C)C)c4ccccc34)[C@@H]2C1. The van der Waals surface area contributed by atoms with Crippen LogP contribution in [0.15, 0.2) is 24.3 Å². The fourth-order valence-electron chi connectivity index (χ4n) is 4.44. The van der Waals surface area contributed by atoms with Gasteiger partial charge in [0.15, 0.2) is 0 Å². The number of carbonyl (C=O) groups is 1. The first-order valence-corrected chi connectivity index (χ1v) is 9.45. The summed E-state index contributed by atoms with van der Waals surface area (Å²) in [5.74, 6) is 0.692. The van der Waals surface area contributed by atoms with E-state index in [0.717, 1.165) is 31.4 Å². The molecule has 0 N–H and O–H groups in total. The topological polar surface area (TPSA) is 34.5 Å². The number of ether oxygens (including phenoxy) is 1. The first-order valence-electron chi connectivity index (χ1n) is 9.45. The second-order valence-corrected chi connectivity index (χ2v) is 8.63. The molecule has 4 rings (SSSR count). The molecule has 134 valence electrons. The number of piperidine rings is 1. The monoisotopic (exact) mass is 340 g/mol. The molecule has 1 fully saturated rings. The molecule has 4 nitrogen and oxygen atoms in total. The van der Waals surface area contributed by atoms with E-state index in [9.17, 15) is 4.79 Å². The van der Waals surface area contributed by atoms with Crippen molar-refractivity contribution < 1.29 is 9.53 Å². The molecular weight excluding hydrogens is 312 g/mol. The zero-order chi connectivity index (χ0) is 17.8. The molecule has 2 atom stereocenters. The fraction of sp³-hybridized carbons (Fsp3) is 0.571. The predicted molar refractivity (Wildman–Crippen MR) is 100.0 cm³/mol. The molecule has 1 aromatic heterocycles. The van der Waals surface area contributed by atoms with Crippen LogP contribution >= 0.6 is 0 Å². The number of hydrogen-bond acceptors (Lipinski definition) is 3. The fourth-order valence-corrected chi connectivity index (χ4v) is 4.44. The van der Waals surface area contributed by atoms with E-state index in [0.29, 0.717) is 12.0 Å². The van der Waals surface area contributed by atoms with Crippen molar-refractivity contribution in [1.29, 1.82) is 0 Å². The van der Waals surface area contributed by atoms with Gasteiger partial charge in [-0.1, -0.05) is 25.1 Å². The van der Waals surface area contributed by atoms with Crippen molar-refractivity contribution in [3.63, 3.8) is 0 Å². The van der Waals surface area contributed by atoms with Gasteiger partial charge in [0.1, 0.15) is 5.60 Å². The molecule has 2 aromatic rings. The number of fused-ring (bicyclic) bond motifs is 5. The molecule has 1 saturated heterocycles. The van der Waals surface area contributed by atoms with Gasteiger partial charge in [0.2, 0.25) is 0 Å². The van der Waals surface area contributed by atoms with Crippen molar-refractivity contribution in [3.05, 3.63) is 35.5 Å². The van der Waals surface area contributed by atoms with Crippen LogP contribution in [0.5, 0.6) is 0 Å². The second-order valence-electron chi connectivity index (χ2n) is 8.63. The zero-order valence-electron chi connectivity index (χ0n) is 15.7. The first-order chi connectivity index (χ1) is 11.8. The lowest BCUT2D eigenvalue weighted by Crippen LogP contribution is -2.42. The molecule has 2 aliphatic heterocycles. The van der Waals surface area contributed by atoms with E-state index in [-0.39, 0.29) is 6.09 Å². The minimum Gasteiger partial charge on any atom is -0.443 e. The average molecular weight is 340 g/mol. The molecule has 0 unspecified atom stereocenters. The molecular formula is C21H28N2O2. The van der Waals surface area contributed by atoms with Crippen molar-refractivity contribution >= 4 is 17.0 Å². The van der Waals surface area contributed by atoms with Crippen LogP contribution in [0, 0.1) is 5.92 Å². The van der Waals surface area contributed by atoms with Crippen molar-refractivity contribution in [1.82, 2.24) is 9.47 Å². The van der Waals surface area contributed by atoms with Crippen LogP contribution in [0.3, 0.4) is 0 Å². The Morgan fingerprint density at radius 2 is 1.96 bits per heavy atom. The van der Waals surface area contributed by atoms with Gasteiger partial charge in [-0.3, -0.25) is 4.90 Å². The highest BCUT2D eigenvalue weighted by atomic mass is 16.6. The first kappa shape index (κ1) is 16.6. The Labute approximate surface area is 149 Å². The van der Waals surface area contributed by atoms with Gasteiger partial charge >= 0.3 is 6.09 Å². The minimum atomic E-state index is -0.496. The standard InChI is InChI=1S/C21H28N2O2/c1-14-9-11-22-12-10-16-15-7-5-6-8-17(15)23(19(16)18(22)13-14)20(24)25-21(2,3)4/h5-8,14,18H,9-13H2,1-4H3/t14-,18-/m0/s1. The van der Waals surface area contributed by atoms with Crippen LogP contribution < -0.4 is 0 Å². The number of nitrogens with zero attached hydrogens (tertiary/aromatic N) is 2. The van der Waals surface area contributed by atoms with Gasteiger partial charge in [-0.25, -0.2) is 9.36 Å². The Hall–Kier alpha value is -1.81. The smallest absolute Gasteiger partial charge is 0.419 e. The van der Waals surface area contributed by atoms with E-state index in [1.165, 1.54) is 23.1 Å². The van der Waals surface area contributed by atoms with Gasteiger partial charge < -0.3 is 4.74 Å². The number of rotatable bonds is 0. The molecule has 4 heteroatoms. The van der Waals surface area contributed by atoms with Gasteiger partial charge in [-0.2, -0.15) is 0 Å². The van der Waals surface area contributed by atoms with Crippen molar-refractivity contribution in [2.24, 2.45) is 5.92 Å². The summed E-state index contributed by atoms with van der Waals surface area (Å²) >= 11 is 0. The average Bonchev–Trinajstić information content (AvgIpc) is 2.88. The molecule has 0 amide bonds. The Balaban J connectivity index is 1.90. The Morgan fingerprint density at radius 1 is 1.20 bits per heavy atom. The largest absolute Gasteiger partial charge is 0.443 e. The highest BCUT2D eigenvalue weighted by molar-refractivity contribution is 5.94. The third-order valence-electron chi connectivity index (χ3n) is 5.54. The van der Waals surface area contributed by atoms with Crippen LogP contribution in [0.1, 0.15) is 57.8 Å². The van der Waals surface area contributed by atoms with E-state index in [4.69, 9.17) is 4.74 Å². The molecule has 0 aliphatic carbocycles. The minimum absolute atomic E-state index is 0.245. The van der Waals surface area contributed by atoms with Gasteiger partial charge in [-0.05, 0) is 64.1 Å². The van der Waals surface area contributed by atoms with Crippen LogP contribution in [0.25, 0.3) is 10.9 Å². The molecule has 1 aromatic carbocycles. The summed E-state index contributed by atoms with van der Waals surface area (Å²) in [7, 11) is 0. The van der Waals surface area contributed by atoms with Crippen LogP contribution in [0.2, 0.25) is 0 Å². The summed E-state index contributed by atoms with van der Waals surface area (Å²) in [6, 6.07) is 8.60. The molecule has 0 spiro atoms. The van der Waals surface area contributed by atoms with Gasteiger partial charge in [0, 0.05) is 11.9 Å². The maximum atomic E-state index is 13.1. The third kappa shape index (κ3) is 2.86. The number of aromatic nitrogens is 1. The maximum Gasteiger partial charge on any atom is 0.419 e. The van der Waals surface area contributed by atoms with E-state index in [1.807, 2.05) is 37.5 Å². The number of para-hydroxylation sites is 1. The lowest BCUT2D eigenvalue weighted by Gasteiger charge is -2.42. The summed E-state index contributed by atoms with van der Waals surface area (Å²) in [5.41, 5.74) is 3.01. The summed E-state index contributed by atoms with van der Waals surface area (Å²) in [6.07, 6.45) is 3.13. The second kappa shape index (κ2) is 5.87. The molecule has 3 heterocycles. The Morgan fingerprint density at radius 3 is 2.72 bits per heavy atom. The summed E-state index contributed by atoms with van der Waals surface area (Å²) in [5, 5.41) is 1.21. The molecule has 2 aliphatic rings. The van der Waals surface area contributed by atoms with Gasteiger partial charge in [-0.15, -0.1) is 0 Å². The van der Waals surface area contributed by atoms with Crippen molar-refractivity contribution in [2.75, 3.05) is 13.1 Å². The number of benzene rings is 1. The van der Waals surface area contributed by atoms with E-state index in [1.54, 1.807) is 0 Å². The van der Waals surface area contributed by atoms with E-state index in [2.05, 4.69) is 24.0 Å².